The molecule has 0 aromatic carbocycles. The quantitative estimate of drug-likeness (QED) is 0.0549. The van der Waals surface area contributed by atoms with Gasteiger partial charge in [0.2, 0.25) is 5.79 Å². The highest BCUT2D eigenvalue weighted by Crippen LogP contribution is 2.29. The summed E-state index contributed by atoms with van der Waals surface area (Å²) in [4.78, 5) is 11.7. The molecular formula is C35H64O9. The molecule has 1 unspecified atom stereocenters. The van der Waals surface area contributed by atoms with E-state index in [0.717, 1.165) is 38.5 Å². The summed E-state index contributed by atoms with van der Waals surface area (Å²) in [5.41, 5.74) is 0.297. The van der Waals surface area contributed by atoms with E-state index in [1.54, 1.807) is 0 Å². The first-order valence-electron chi connectivity index (χ1n) is 17.7. The minimum absolute atomic E-state index is 0.102. The van der Waals surface area contributed by atoms with Crippen molar-refractivity contribution in [2.24, 2.45) is 0 Å². The third-order valence-corrected chi connectivity index (χ3v) is 9.19. The summed E-state index contributed by atoms with van der Waals surface area (Å²) in [5.74, 6) is -2.19. The number of ether oxygens (including phenoxy) is 2. The Kier molecular flexibility index (Phi) is 19.3. The van der Waals surface area contributed by atoms with E-state index in [-0.39, 0.29) is 18.6 Å². The average molecular weight is 629 g/mol. The van der Waals surface area contributed by atoms with Crippen LogP contribution < -0.4 is 0 Å². The smallest absolute Gasteiger partial charge is 0.336 e. The van der Waals surface area contributed by atoms with Crippen LogP contribution in [-0.4, -0.2) is 85.1 Å². The van der Waals surface area contributed by atoms with Gasteiger partial charge >= 0.3 is 5.97 Å². The molecule has 2 rings (SSSR count). The van der Waals surface area contributed by atoms with Crippen molar-refractivity contribution >= 4 is 5.97 Å². The topological polar surface area (TPSA) is 157 Å². The number of carbonyl (C=O) groups is 1. The van der Waals surface area contributed by atoms with E-state index in [2.05, 4.69) is 6.92 Å². The Morgan fingerprint density at radius 2 is 1.30 bits per heavy atom. The van der Waals surface area contributed by atoms with E-state index in [4.69, 9.17) is 9.47 Å². The first-order chi connectivity index (χ1) is 21.0. The number of unbranched alkanes of at least 4 members (excludes halogenated alkanes) is 11. The zero-order chi connectivity index (χ0) is 32.4. The number of cyclic esters (lactones) is 1. The van der Waals surface area contributed by atoms with Crippen molar-refractivity contribution in [2.45, 2.75) is 204 Å². The second-order valence-electron chi connectivity index (χ2n) is 13.6. The summed E-state index contributed by atoms with van der Waals surface area (Å²) in [5, 5.41) is 61.8. The molecule has 44 heavy (non-hydrogen) atoms. The van der Waals surface area contributed by atoms with Gasteiger partial charge in [0, 0.05) is 18.9 Å². The van der Waals surface area contributed by atoms with E-state index >= 15 is 0 Å². The molecule has 2 aliphatic heterocycles. The number of carbonyl (C=O) groups excluding carboxylic acids is 1. The second kappa shape index (κ2) is 21.7. The van der Waals surface area contributed by atoms with Gasteiger partial charge in [0.25, 0.3) is 0 Å². The second-order valence-corrected chi connectivity index (χ2v) is 13.6. The lowest BCUT2D eigenvalue weighted by Crippen LogP contribution is -2.31. The number of aliphatic hydroxyl groups is 6. The lowest BCUT2D eigenvalue weighted by molar-refractivity contribution is -0.173. The van der Waals surface area contributed by atoms with Crippen molar-refractivity contribution in [2.75, 3.05) is 0 Å². The van der Waals surface area contributed by atoms with Gasteiger partial charge in [0.05, 0.1) is 42.7 Å². The van der Waals surface area contributed by atoms with Crippen molar-refractivity contribution < 1.29 is 44.9 Å². The fraction of sp³-hybridized carbons (Fsp3) is 0.914. The highest BCUT2D eigenvalue weighted by Gasteiger charge is 2.34. The molecule has 9 heteroatoms. The largest absolute Gasteiger partial charge is 0.426 e. The standard InChI is InChI=1S/C35H64O9/c1-3-4-5-6-7-8-9-10-11-15-18-30(38)31(39)20-21-32(40)33-22-19-29(43-33)24-28(37)17-14-12-13-16-27(36)23-26-25-35(2,42)44-34(26)41/h25,27-33,36-40,42H,3-24H2,1-2H3/t27-,28-,29+,30-,31+,32+,33+,35?/m1/s1. The summed E-state index contributed by atoms with van der Waals surface area (Å²) in [7, 11) is 0. The maximum absolute atomic E-state index is 11.7. The van der Waals surface area contributed by atoms with Gasteiger partial charge in [-0.2, -0.15) is 0 Å². The van der Waals surface area contributed by atoms with Crippen LogP contribution in [0.3, 0.4) is 0 Å². The van der Waals surface area contributed by atoms with E-state index in [0.29, 0.717) is 50.5 Å². The Morgan fingerprint density at radius 3 is 1.91 bits per heavy atom. The molecule has 2 heterocycles. The van der Waals surface area contributed by atoms with Gasteiger partial charge < -0.3 is 40.1 Å². The molecule has 1 fully saturated rings. The average Bonchev–Trinajstić information content (AvgIpc) is 3.54. The van der Waals surface area contributed by atoms with Crippen LogP contribution in [0.2, 0.25) is 0 Å². The van der Waals surface area contributed by atoms with Crippen LogP contribution >= 0.6 is 0 Å². The lowest BCUT2D eigenvalue weighted by Gasteiger charge is -2.23. The molecule has 0 saturated carbocycles. The number of rotatable bonds is 26. The van der Waals surface area contributed by atoms with Crippen molar-refractivity contribution in [1.29, 1.82) is 0 Å². The van der Waals surface area contributed by atoms with Gasteiger partial charge in [-0.3, -0.25) is 0 Å². The normalized spacial score (nSPS) is 25.5. The van der Waals surface area contributed by atoms with Crippen LogP contribution in [-0.2, 0) is 14.3 Å². The highest BCUT2D eigenvalue weighted by molar-refractivity contribution is 5.91. The van der Waals surface area contributed by atoms with Crippen LogP contribution in [0.5, 0.6) is 0 Å². The summed E-state index contributed by atoms with van der Waals surface area (Å²) >= 11 is 0. The molecule has 0 aromatic rings. The van der Waals surface area contributed by atoms with Gasteiger partial charge in [0.1, 0.15) is 0 Å². The molecule has 2 aliphatic rings. The predicted molar refractivity (Wildman–Crippen MR) is 171 cm³/mol. The third kappa shape index (κ3) is 16.5. The summed E-state index contributed by atoms with van der Waals surface area (Å²) < 4.78 is 10.8. The van der Waals surface area contributed by atoms with Crippen molar-refractivity contribution in [3.63, 3.8) is 0 Å². The van der Waals surface area contributed by atoms with Gasteiger partial charge in [0.15, 0.2) is 0 Å². The monoisotopic (exact) mass is 628 g/mol. The Hall–Kier alpha value is -1.07. The SMILES string of the molecule is CCCCCCCCCCCC[C@@H](O)[C@@H](O)CC[C@H](O)[C@@H]1CC[C@@H](C[C@H](O)CCCCC[C@@H](O)CC2=CC(C)(O)OC2=O)O1. The minimum Gasteiger partial charge on any atom is -0.426 e. The number of hydrogen-bond donors (Lipinski definition) is 6. The Labute approximate surface area is 266 Å². The maximum atomic E-state index is 11.7. The third-order valence-electron chi connectivity index (χ3n) is 9.19. The molecule has 1 saturated heterocycles. The molecule has 0 aromatic heterocycles. The van der Waals surface area contributed by atoms with Crippen LogP contribution in [0, 0.1) is 0 Å². The van der Waals surface area contributed by atoms with E-state index in [1.807, 2.05) is 0 Å². The molecule has 0 spiro atoms. The lowest BCUT2D eigenvalue weighted by atomic mass is 9.97. The zero-order valence-electron chi connectivity index (χ0n) is 27.6. The van der Waals surface area contributed by atoms with Crippen molar-refractivity contribution in [1.82, 2.24) is 0 Å². The van der Waals surface area contributed by atoms with Crippen LogP contribution in [0.1, 0.15) is 155 Å². The predicted octanol–water partition coefficient (Wildman–Crippen LogP) is 5.35. The molecule has 0 bridgehead atoms. The Bertz CT molecular complexity index is 801. The molecule has 0 aliphatic carbocycles. The van der Waals surface area contributed by atoms with E-state index in [9.17, 15) is 35.4 Å². The summed E-state index contributed by atoms with van der Waals surface area (Å²) in [6, 6.07) is 0. The van der Waals surface area contributed by atoms with Crippen LogP contribution in [0.15, 0.2) is 11.6 Å². The molecule has 6 N–H and O–H groups in total. The molecular weight excluding hydrogens is 564 g/mol. The fourth-order valence-electron chi connectivity index (χ4n) is 6.46. The minimum atomic E-state index is -1.60. The van der Waals surface area contributed by atoms with Gasteiger partial charge in [-0.15, -0.1) is 0 Å². The molecule has 9 nitrogen and oxygen atoms in total. The molecule has 0 amide bonds. The molecule has 0 radical (unpaired) electrons. The first-order valence-corrected chi connectivity index (χ1v) is 17.7. The molecule has 258 valence electrons. The van der Waals surface area contributed by atoms with Gasteiger partial charge in [-0.25, -0.2) is 4.79 Å². The van der Waals surface area contributed by atoms with Gasteiger partial charge in [-0.1, -0.05) is 90.4 Å². The van der Waals surface area contributed by atoms with Gasteiger partial charge in [-0.05, 0) is 57.4 Å². The van der Waals surface area contributed by atoms with Crippen LogP contribution in [0.25, 0.3) is 0 Å². The first kappa shape index (κ1) is 39.1. The van der Waals surface area contributed by atoms with Crippen LogP contribution in [0.4, 0.5) is 0 Å². The van der Waals surface area contributed by atoms with E-state index < -0.39 is 42.3 Å². The Morgan fingerprint density at radius 1 is 0.750 bits per heavy atom. The highest BCUT2D eigenvalue weighted by atomic mass is 16.7. The Balaban J connectivity index is 1.47. The number of esters is 1. The van der Waals surface area contributed by atoms with E-state index in [1.165, 1.54) is 64.4 Å². The number of hydrogen-bond acceptors (Lipinski definition) is 9. The molecule has 8 atom stereocenters. The zero-order valence-corrected chi connectivity index (χ0v) is 27.6. The van der Waals surface area contributed by atoms with Crippen molar-refractivity contribution in [3.8, 4) is 0 Å². The maximum Gasteiger partial charge on any atom is 0.336 e. The summed E-state index contributed by atoms with van der Waals surface area (Å²) in [6.07, 6.45) is 16.8. The number of aliphatic hydroxyl groups excluding tert-OH is 5. The fourth-order valence-corrected chi connectivity index (χ4v) is 6.46. The van der Waals surface area contributed by atoms with Crippen molar-refractivity contribution in [3.05, 3.63) is 11.6 Å². The summed E-state index contributed by atoms with van der Waals surface area (Å²) in [6.45, 7) is 3.62.